The molecule has 5 rings (SSSR count). The smallest absolute Gasteiger partial charge is 0.306 e. The van der Waals surface area contributed by atoms with Crippen molar-refractivity contribution in [2.24, 2.45) is 28.6 Å². The molecular formula is C25H31FO6S. The van der Waals surface area contributed by atoms with E-state index >= 15 is 4.39 Å². The van der Waals surface area contributed by atoms with Crippen molar-refractivity contribution in [2.45, 2.75) is 76.9 Å². The van der Waals surface area contributed by atoms with Gasteiger partial charge in [0.2, 0.25) is 5.12 Å². The number of ketones is 1. The lowest BCUT2D eigenvalue weighted by molar-refractivity contribution is -0.187. The Hall–Kier alpha value is -1.51. The summed E-state index contributed by atoms with van der Waals surface area (Å²) in [6, 6.07) is 0. The number of hydrogen-bond donors (Lipinski definition) is 1. The number of hydrogen-bond acceptors (Lipinski definition) is 7. The molecule has 3 saturated carbocycles. The lowest BCUT2D eigenvalue weighted by Gasteiger charge is -2.56. The molecule has 8 heteroatoms. The summed E-state index contributed by atoms with van der Waals surface area (Å²) in [5.41, 5.74) is -3.03. The van der Waals surface area contributed by atoms with Crippen molar-refractivity contribution in [1.29, 1.82) is 0 Å². The normalized spacial score (nSPS) is 49.3. The summed E-state index contributed by atoms with van der Waals surface area (Å²) in [5, 5.41) is 9.17. The fraction of sp³-hybridized carbons (Fsp3) is 0.720. The van der Waals surface area contributed by atoms with Crippen molar-refractivity contribution in [3.8, 4) is 0 Å². The zero-order valence-corrected chi connectivity index (χ0v) is 20.2. The van der Waals surface area contributed by atoms with E-state index in [2.05, 4.69) is 0 Å². The minimum atomic E-state index is -1.41. The van der Waals surface area contributed by atoms with Crippen LogP contribution in [0.4, 0.5) is 4.39 Å². The highest BCUT2D eigenvalue weighted by molar-refractivity contribution is 8.13. The van der Waals surface area contributed by atoms with Crippen LogP contribution in [0.15, 0.2) is 23.8 Å². The molecule has 6 nitrogen and oxygen atoms in total. The molecule has 0 bridgehead atoms. The van der Waals surface area contributed by atoms with Crippen LogP contribution in [-0.2, 0) is 23.9 Å². The highest BCUT2D eigenvalue weighted by Crippen LogP contribution is 2.77. The van der Waals surface area contributed by atoms with Crippen molar-refractivity contribution < 1.29 is 33.4 Å². The zero-order chi connectivity index (χ0) is 24.0. The van der Waals surface area contributed by atoms with Gasteiger partial charge in [-0.2, -0.15) is 0 Å². The van der Waals surface area contributed by atoms with Gasteiger partial charge in [-0.05, 0) is 55.7 Å². The first-order valence-electron chi connectivity index (χ1n) is 11.8. The maximum Gasteiger partial charge on any atom is 0.306 e. The van der Waals surface area contributed by atoms with Crippen LogP contribution in [0.2, 0.25) is 0 Å². The highest BCUT2D eigenvalue weighted by Gasteiger charge is 2.83. The van der Waals surface area contributed by atoms with E-state index in [0.717, 1.165) is 11.8 Å². The van der Waals surface area contributed by atoms with Gasteiger partial charge in [-0.15, -0.1) is 0 Å². The molecular weight excluding hydrogens is 447 g/mol. The molecule has 1 saturated heterocycles. The summed E-state index contributed by atoms with van der Waals surface area (Å²) in [4.78, 5) is 38.1. The van der Waals surface area contributed by atoms with Crippen molar-refractivity contribution in [2.75, 3.05) is 5.94 Å². The Bertz CT molecular complexity index is 993. The standard InChI is InChI=1S/C25H31FO6S/c1-5-20(29)32-24(21(30)33-12-27)13(2)8-15-16-10-18(26)17-9-14(28)6-7-22(17,3)25(16)19(31-25)11-23(15,24)4/h6-7,9,13,15-16,18-19,27H,5,8,10-12H2,1-4H3/t13-,15+,16+,18+,19+,22+,23+,24-,25-/m1/s1. The molecule has 0 aromatic rings. The highest BCUT2D eigenvalue weighted by atomic mass is 32.2. The number of aliphatic hydroxyl groups excluding tert-OH is 1. The zero-order valence-electron chi connectivity index (χ0n) is 19.4. The number of rotatable bonds is 4. The predicted molar refractivity (Wildman–Crippen MR) is 120 cm³/mol. The molecule has 1 aliphatic heterocycles. The number of halogens is 1. The monoisotopic (exact) mass is 478 g/mol. The summed E-state index contributed by atoms with van der Waals surface area (Å²) < 4.78 is 28.1. The second kappa shape index (κ2) is 7.25. The molecule has 0 unspecified atom stereocenters. The Morgan fingerprint density at radius 1 is 1.30 bits per heavy atom. The number of carbonyl (C=O) groups is 3. The first-order chi connectivity index (χ1) is 15.5. The quantitative estimate of drug-likeness (QED) is 0.375. The maximum atomic E-state index is 15.6. The van der Waals surface area contributed by atoms with Crippen molar-refractivity contribution >= 4 is 28.6 Å². The summed E-state index contributed by atoms with van der Waals surface area (Å²) in [7, 11) is 0. The fourth-order valence-corrected chi connectivity index (χ4v) is 8.88. The number of allylic oxidation sites excluding steroid dienone is 2. The largest absolute Gasteiger partial charge is 0.449 e. The minimum absolute atomic E-state index is 0.109. The molecule has 1 heterocycles. The number of ether oxygens (including phenoxy) is 2. The molecule has 0 amide bonds. The van der Waals surface area contributed by atoms with Crippen LogP contribution in [0.5, 0.6) is 0 Å². The molecule has 4 fully saturated rings. The third-order valence-electron chi connectivity index (χ3n) is 9.52. The van der Waals surface area contributed by atoms with Crippen LogP contribution in [0.1, 0.15) is 53.4 Å². The van der Waals surface area contributed by atoms with Gasteiger partial charge in [-0.1, -0.05) is 38.6 Å². The third-order valence-corrected chi connectivity index (χ3v) is 10.2. The molecule has 0 aromatic heterocycles. The first kappa shape index (κ1) is 23.2. The van der Waals surface area contributed by atoms with Gasteiger partial charge in [0.25, 0.3) is 0 Å². The Balaban J connectivity index is 1.62. The van der Waals surface area contributed by atoms with E-state index in [1.54, 1.807) is 6.92 Å². The van der Waals surface area contributed by atoms with E-state index in [9.17, 15) is 19.5 Å². The molecule has 4 aliphatic carbocycles. The van der Waals surface area contributed by atoms with Crippen LogP contribution in [0.25, 0.3) is 0 Å². The third kappa shape index (κ3) is 2.66. The van der Waals surface area contributed by atoms with Crippen LogP contribution >= 0.6 is 11.8 Å². The van der Waals surface area contributed by atoms with Crippen LogP contribution in [-0.4, -0.2) is 51.4 Å². The van der Waals surface area contributed by atoms with E-state index in [4.69, 9.17) is 9.47 Å². The molecule has 1 spiro atoms. The molecule has 5 aliphatic rings. The Morgan fingerprint density at radius 3 is 2.70 bits per heavy atom. The fourth-order valence-electron chi connectivity index (χ4n) is 8.07. The van der Waals surface area contributed by atoms with Crippen molar-refractivity contribution in [3.63, 3.8) is 0 Å². The lowest BCUT2D eigenvalue weighted by atomic mass is 9.46. The van der Waals surface area contributed by atoms with E-state index in [1.807, 2.05) is 26.8 Å². The number of thioether (sulfide) groups is 1. The summed E-state index contributed by atoms with van der Waals surface area (Å²) in [5.74, 6) is -1.64. The van der Waals surface area contributed by atoms with Gasteiger partial charge < -0.3 is 14.6 Å². The predicted octanol–water partition coefficient (Wildman–Crippen LogP) is 3.52. The molecule has 0 radical (unpaired) electrons. The van der Waals surface area contributed by atoms with Crippen molar-refractivity contribution in [3.05, 3.63) is 23.8 Å². The average Bonchev–Trinajstić information content (AvgIpc) is 3.44. The number of epoxide rings is 1. The van der Waals surface area contributed by atoms with E-state index in [-0.39, 0.29) is 47.6 Å². The number of fused-ring (bicyclic) bond motifs is 3. The molecule has 9 atom stereocenters. The second-order valence-corrected chi connectivity index (χ2v) is 11.7. The molecule has 180 valence electrons. The molecule has 33 heavy (non-hydrogen) atoms. The Labute approximate surface area is 197 Å². The lowest BCUT2D eigenvalue weighted by Crippen LogP contribution is -2.63. The number of carbonyl (C=O) groups excluding carboxylic acids is 3. The van der Waals surface area contributed by atoms with Gasteiger partial charge in [0.15, 0.2) is 11.4 Å². The summed E-state index contributed by atoms with van der Waals surface area (Å²) >= 11 is 0.765. The SMILES string of the molecule is CCC(=O)O[C@@]1(C(=O)SCO)[C@H](C)C[C@H]2[C@@H]3C[C@H](F)C4=CC(=O)C=C[C@]4(C)[C@@]34O[C@H]4C[C@@]21C. The van der Waals surface area contributed by atoms with Crippen molar-refractivity contribution in [1.82, 2.24) is 0 Å². The van der Waals surface area contributed by atoms with Crippen LogP contribution < -0.4 is 0 Å². The summed E-state index contributed by atoms with van der Waals surface area (Å²) in [6.45, 7) is 7.55. The van der Waals surface area contributed by atoms with Gasteiger partial charge in [0.1, 0.15) is 11.8 Å². The van der Waals surface area contributed by atoms with E-state index in [1.165, 1.54) is 12.2 Å². The topological polar surface area (TPSA) is 93.2 Å². The number of aliphatic hydroxyl groups is 1. The van der Waals surface area contributed by atoms with Gasteiger partial charge in [-0.25, -0.2) is 4.39 Å². The Kier molecular flexibility index (Phi) is 5.10. The minimum Gasteiger partial charge on any atom is -0.449 e. The van der Waals surface area contributed by atoms with Gasteiger partial charge in [0, 0.05) is 23.2 Å². The second-order valence-electron chi connectivity index (χ2n) is 10.7. The Morgan fingerprint density at radius 2 is 2.03 bits per heavy atom. The number of alkyl halides is 1. The van der Waals surface area contributed by atoms with Gasteiger partial charge in [0.05, 0.1) is 12.0 Å². The molecule has 0 aromatic carbocycles. The number of esters is 1. The van der Waals surface area contributed by atoms with E-state index < -0.39 is 40.1 Å². The maximum absolute atomic E-state index is 15.6. The van der Waals surface area contributed by atoms with Gasteiger partial charge >= 0.3 is 5.97 Å². The van der Waals surface area contributed by atoms with E-state index in [0.29, 0.717) is 18.4 Å². The summed E-state index contributed by atoms with van der Waals surface area (Å²) in [6.07, 6.45) is 4.66. The van der Waals surface area contributed by atoms with Crippen LogP contribution in [0.3, 0.4) is 0 Å². The average molecular weight is 479 g/mol. The first-order valence-corrected chi connectivity index (χ1v) is 12.8. The molecule has 1 N–H and O–H groups in total. The van der Waals surface area contributed by atoms with Crippen LogP contribution in [0, 0.1) is 28.6 Å². The van der Waals surface area contributed by atoms with Gasteiger partial charge in [-0.3, -0.25) is 14.4 Å².